The van der Waals surface area contributed by atoms with Gasteiger partial charge in [-0.15, -0.1) is 0 Å². The third-order valence-corrected chi connectivity index (χ3v) is 9.07. The highest BCUT2D eigenvalue weighted by Gasteiger charge is 2.71. The summed E-state index contributed by atoms with van der Waals surface area (Å²) in [5.74, 6) is -1.13. The molecule has 5 nitrogen and oxygen atoms in total. The largest absolute Gasteiger partial charge is 0.497 e. The number of ether oxygens (including phenoxy) is 1. The Morgan fingerprint density at radius 1 is 0.829 bits per heavy atom. The number of rotatable bonds is 4. The maximum absolute atomic E-state index is 14.7. The Kier molecular flexibility index (Phi) is 5.93. The van der Waals surface area contributed by atoms with Crippen molar-refractivity contribution in [3.63, 3.8) is 0 Å². The van der Waals surface area contributed by atoms with Gasteiger partial charge in [0, 0.05) is 38.3 Å². The third-order valence-electron chi connectivity index (χ3n) is 8.60. The zero-order chi connectivity index (χ0) is 28.5. The zero-order valence-corrected chi connectivity index (χ0v) is 23.4. The predicted molar refractivity (Wildman–Crippen MR) is 160 cm³/mol. The molecule has 4 aromatic carbocycles. The Morgan fingerprint density at radius 2 is 1.54 bits per heavy atom. The van der Waals surface area contributed by atoms with Crippen LogP contribution in [0, 0.1) is 5.41 Å². The first kappa shape index (κ1) is 25.8. The van der Waals surface area contributed by atoms with Gasteiger partial charge >= 0.3 is 0 Å². The van der Waals surface area contributed by atoms with E-state index in [1.54, 1.807) is 79.9 Å². The average Bonchev–Trinajstić information content (AvgIpc) is 3.42. The molecular formula is C34H23Cl2NO4. The van der Waals surface area contributed by atoms with Gasteiger partial charge in [0.05, 0.1) is 13.2 Å². The average molecular weight is 580 g/mol. The SMILES string of the molecule is COc1cccc(C(=O)[C@H]2[C@H](c3cccc(Cl)c3)C3(C(=O)c4ccccc4C3=O)[C@@H]3C=Cc4cc(Cl)ccc4N32)c1. The van der Waals surface area contributed by atoms with Gasteiger partial charge in [0.25, 0.3) is 0 Å². The summed E-state index contributed by atoms with van der Waals surface area (Å²) in [5.41, 5.74) is 1.73. The van der Waals surface area contributed by atoms with Crippen molar-refractivity contribution >= 4 is 52.3 Å². The van der Waals surface area contributed by atoms with Crippen LogP contribution >= 0.6 is 23.2 Å². The van der Waals surface area contributed by atoms with Crippen molar-refractivity contribution < 1.29 is 19.1 Å². The first-order valence-corrected chi connectivity index (χ1v) is 14.0. The summed E-state index contributed by atoms with van der Waals surface area (Å²) in [6.45, 7) is 0. The Hall–Kier alpha value is -4.19. The number of fused-ring (bicyclic) bond motifs is 5. The van der Waals surface area contributed by atoms with Gasteiger partial charge in [-0.25, -0.2) is 0 Å². The van der Waals surface area contributed by atoms with Gasteiger partial charge in [-0.05, 0) is 53.6 Å². The Morgan fingerprint density at radius 3 is 2.24 bits per heavy atom. The van der Waals surface area contributed by atoms with Gasteiger partial charge in [0.2, 0.25) is 0 Å². The molecule has 4 aromatic rings. The second-order valence-electron chi connectivity index (χ2n) is 10.6. The first-order valence-electron chi connectivity index (χ1n) is 13.2. The van der Waals surface area contributed by atoms with Crippen LogP contribution in [-0.4, -0.2) is 36.5 Å². The summed E-state index contributed by atoms with van der Waals surface area (Å²) in [4.78, 5) is 46.0. The molecule has 1 saturated heterocycles. The van der Waals surface area contributed by atoms with E-state index >= 15 is 0 Å². The normalized spacial score (nSPS) is 21.5. The van der Waals surface area contributed by atoms with Crippen molar-refractivity contribution in [1.82, 2.24) is 0 Å². The van der Waals surface area contributed by atoms with Crippen LogP contribution < -0.4 is 9.64 Å². The number of hydrogen-bond acceptors (Lipinski definition) is 5. The second-order valence-corrected chi connectivity index (χ2v) is 11.4. The fraction of sp³-hybridized carbons (Fsp3) is 0.147. The van der Waals surface area contributed by atoms with Crippen molar-refractivity contribution in [2.45, 2.75) is 18.0 Å². The molecule has 7 heteroatoms. The number of Topliss-reactive ketones (excluding diaryl/α,β-unsaturated/α-hetero) is 3. The maximum atomic E-state index is 14.7. The van der Waals surface area contributed by atoms with Crippen LogP contribution in [0.15, 0.2) is 97.1 Å². The van der Waals surface area contributed by atoms with Crippen LogP contribution in [0.3, 0.4) is 0 Å². The van der Waals surface area contributed by atoms with Gasteiger partial charge in [-0.2, -0.15) is 0 Å². The molecule has 0 N–H and O–H groups in total. The molecule has 1 fully saturated rings. The number of nitrogens with zero attached hydrogens (tertiary/aromatic N) is 1. The molecule has 0 amide bonds. The molecule has 3 aliphatic rings. The van der Waals surface area contributed by atoms with Crippen molar-refractivity contribution in [2.24, 2.45) is 5.41 Å². The van der Waals surface area contributed by atoms with E-state index in [1.165, 1.54) is 0 Å². The number of carbonyl (C=O) groups excluding carboxylic acids is 3. The summed E-state index contributed by atoms with van der Waals surface area (Å²) >= 11 is 12.9. The molecular weight excluding hydrogens is 557 g/mol. The molecule has 0 aromatic heterocycles. The van der Waals surface area contributed by atoms with Gasteiger partial charge in [-0.3, -0.25) is 14.4 Å². The summed E-state index contributed by atoms with van der Waals surface area (Å²) in [6.07, 6.45) is 3.76. The monoisotopic (exact) mass is 579 g/mol. The molecule has 1 aliphatic carbocycles. The van der Waals surface area contributed by atoms with Crippen LogP contribution in [0.4, 0.5) is 5.69 Å². The number of carbonyl (C=O) groups is 3. The van der Waals surface area contributed by atoms with Crippen LogP contribution in [0.2, 0.25) is 10.0 Å². The zero-order valence-electron chi connectivity index (χ0n) is 21.9. The number of anilines is 1. The Labute approximate surface area is 247 Å². The molecule has 0 unspecified atom stereocenters. The van der Waals surface area contributed by atoms with E-state index in [0.717, 1.165) is 11.3 Å². The lowest BCUT2D eigenvalue weighted by Gasteiger charge is -2.37. The minimum atomic E-state index is -1.60. The number of methoxy groups -OCH3 is 1. The fourth-order valence-corrected chi connectivity index (χ4v) is 7.35. The highest BCUT2D eigenvalue weighted by molar-refractivity contribution is 6.33. The van der Waals surface area contributed by atoms with Gasteiger partial charge in [-0.1, -0.05) is 83.9 Å². The Balaban J connectivity index is 1.55. The molecule has 41 heavy (non-hydrogen) atoms. The van der Waals surface area contributed by atoms with E-state index in [9.17, 15) is 14.4 Å². The second kappa shape index (κ2) is 9.44. The lowest BCUT2D eigenvalue weighted by Crippen LogP contribution is -2.48. The van der Waals surface area contributed by atoms with E-state index in [-0.39, 0.29) is 17.3 Å². The summed E-state index contributed by atoms with van der Waals surface area (Å²) in [7, 11) is 1.54. The van der Waals surface area contributed by atoms with E-state index in [4.69, 9.17) is 27.9 Å². The Bertz CT molecular complexity index is 1780. The van der Waals surface area contributed by atoms with Gasteiger partial charge in [0.15, 0.2) is 17.3 Å². The summed E-state index contributed by atoms with van der Waals surface area (Å²) in [6, 6.07) is 24.8. The van der Waals surface area contributed by atoms with Crippen LogP contribution in [0.25, 0.3) is 6.08 Å². The lowest BCUT2D eigenvalue weighted by molar-refractivity contribution is 0.0666. The highest BCUT2D eigenvalue weighted by atomic mass is 35.5. The summed E-state index contributed by atoms with van der Waals surface area (Å²) in [5, 5.41) is 0.997. The first-order chi connectivity index (χ1) is 19.9. The molecule has 7 rings (SSSR count). The number of ketones is 3. The molecule has 3 atom stereocenters. The molecule has 202 valence electrons. The molecule has 1 spiro atoms. The molecule has 2 aliphatic heterocycles. The minimum absolute atomic E-state index is 0.233. The number of halogens is 2. The molecule has 0 bridgehead atoms. The van der Waals surface area contributed by atoms with Gasteiger partial charge < -0.3 is 9.64 Å². The topological polar surface area (TPSA) is 63.7 Å². The number of hydrogen-bond donors (Lipinski definition) is 0. The number of benzene rings is 4. The quantitative estimate of drug-likeness (QED) is 0.187. The third kappa shape index (κ3) is 3.59. The van der Waals surface area contributed by atoms with Gasteiger partial charge in [0.1, 0.15) is 17.2 Å². The van der Waals surface area contributed by atoms with Crippen molar-refractivity contribution in [2.75, 3.05) is 12.0 Å². The van der Waals surface area contributed by atoms with E-state index in [2.05, 4.69) is 0 Å². The predicted octanol–water partition coefficient (Wildman–Crippen LogP) is 7.32. The van der Waals surface area contributed by atoms with Crippen molar-refractivity contribution in [3.8, 4) is 5.75 Å². The molecule has 0 saturated carbocycles. The van der Waals surface area contributed by atoms with Crippen LogP contribution in [-0.2, 0) is 0 Å². The van der Waals surface area contributed by atoms with Crippen LogP contribution in [0.1, 0.15) is 48.1 Å². The minimum Gasteiger partial charge on any atom is -0.497 e. The molecule has 0 radical (unpaired) electrons. The smallest absolute Gasteiger partial charge is 0.186 e. The fourth-order valence-electron chi connectivity index (χ4n) is 6.97. The van der Waals surface area contributed by atoms with E-state index in [1.807, 2.05) is 35.3 Å². The summed E-state index contributed by atoms with van der Waals surface area (Å²) < 4.78 is 5.42. The molecule has 2 heterocycles. The van der Waals surface area contributed by atoms with E-state index in [0.29, 0.717) is 38.0 Å². The van der Waals surface area contributed by atoms with Crippen molar-refractivity contribution in [3.05, 3.63) is 135 Å². The van der Waals surface area contributed by atoms with E-state index < -0.39 is 23.4 Å². The van der Waals surface area contributed by atoms with Crippen molar-refractivity contribution in [1.29, 1.82) is 0 Å². The van der Waals surface area contributed by atoms with Crippen LogP contribution in [0.5, 0.6) is 5.75 Å². The lowest BCUT2D eigenvalue weighted by atomic mass is 9.64. The highest BCUT2D eigenvalue weighted by Crippen LogP contribution is 2.61. The maximum Gasteiger partial charge on any atom is 0.186 e. The standard InChI is InChI=1S/C34H23Cl2NO4/c1-41-24-9-5-7-21(18-24)31(38)30-29(20-6-4-8-22(35)17-20)34(32(39)25-10-2-3-11-26(25)33(34)40)28-15-12-19-16-23(36)13-14-27(19)37(28)30/h2-18,28-30H,1H3/t28-,29-,30+/m0/s1.